The first kappa shape index (κ1) is 11.7. The summed E-state index contributed by atoms with van der Waals surface area (Å²) in [5, 5.41) is 7.42. The van der Waals surface area contributed by atoms with Gasteiger partial charge in [0.1, 0.15) is 22.7 Å². The zero-order chi connectivity index (χ0) is 13.9. The van der Waals surface area contributed by atoms with E-state index >= 15 is 0 Å². The van der Waals surface area contributed by atoms with Gasteiger partial charge in [0.05, 0.1) is 0 Å². The summed E-state index contributed by atoms with van der Waals surface area (Å²) in [6.07, 6.45) is 2.14. The summed E-state index contributed by atoms with van der Waals surface area (Å²) >= 11 is 1.59. The minimum Gasteiger partial charge on any atom is -0.368 e. The Morgan fingerprint density at radius 1 is 1.50 bits per heavy atom. The van der Waals surface area contributed by atoms with Crippen LogP contribution in [0.2, 0.25) is 0 Å². The van der Waals surface area contributed by atoms with E-state index in [9.17, 15) is 9.59 Å². The highest BCUT2D eigenvalue weighted by atomic mass is 32.1. The van der Waals surface area contributed by atoms with Crippen molar-refractivity contribution in [3.63, 3.8) is 0 Å². The summed E-state index contributed by atoms with van der Waals surface area (Å²) in [7, 11) is 0. The zero-order valence-electron chi connectivity index (χ0n) is 10.6. The monoisotopic (exact) mass is 288 g/mol. The first-order valence-electron chi connectivity index (χ1n) is 6.43. The third-order valence-corrected chi connectivity index (χ3v) is 4.48. The van der Waals surface area contributed by atoms with Gasteiger partial charge in [-0.3, -0.25) is 14.0 Å². The lowest BCUT2D eigenvalue weighted by molar-refractivity contribution is -0.118. The van der Waals surface area contributed by atoms with Crippen molar-refractivity contribution >= 4 is 33.0 Å². The van der Waals surface area contributed by atoms with Crippen molar-refractivity contribution in [3.8, 4) is 0 Å². The molecule has 1 amide bonds. The van der Waals surface area contributed by atoms with Gasteiger partial charge in [0, 0.05) is 11.3 Å². The number of carbonyl (C=O) groups excluding carboxylic acids is 1. The van der Waals surface area contributed by atoms with E-state index in [-0.39, 0.29) is 12.1 Å². The summed E-state index contributed by atoms with van der Waals surface area (Å²) in [6, 6.07) is 3.85. The number of hydrogen-bond acceptors (Lipinski definition) is 4. The number of rotatable bonds is 3. The summed E-state index contributed by atoms with van der Waals surface area (Å²) in [6.45, 7) is -0.173. The number of primary amides is 1. The van der Waals surface area contributed by atoms with Gasteiger partial charge in [-0.25, -0.2) is 4.68 Å². The van der Waals surface area contributed by atoms with Gasteiger partial charge < -0.3 is 5.73 Å². The molecular formula is C13H12N4O2S. The Morgan fingerprint density at radius 2 is 2.30 bits per heavy atom. The second-order valence-corrected chi connectivity index (χ2v) is 6.00. The Hall–Kier alpha value is -2.15. The van der Waals surface area contributed by atoms with Crippen LogP contribution in [-0.4, -0.2) is 20.1 Å². The highest BCUT2D eigenvalue weighted by molar-refractivity contribution is 7.16. The number of aromatic nitrogens is 3. The second-order valence-electron chi connectivity index (χ2n) is 5.11. The Labute approximate surface area is 117 Å². The number of fused-ring (bicyclic) bond motifs is 3. The number of carbonyl (C=O) groups is 1. The molecule has 1 aliphatic carbocycles. The van der Waals surface area contributed by atoms with Crippen molar-refractivity contribution in [2.75, 3.05) is 0 Å². The molecule has 1 fully saturated rings. The van der Waals surface area contributed by atoms with E-state index in [0.717, 1.165) is 28.9 Å². The third kappa shape index (κ3) is 1.59. The molecule has 0 aliphatic heterocycles. The van der Waals surface area contributed by atoms with E-state index in [0.29, 0.717) is 11.4 Å². The summed E-state index contributed by atoms with van der Waals surface area (Å²) in [5.41, 5.74) is 5.50. The predicted octanol–water partition coefficient (Wildman–Crippen LogP) is 1.07. The Balaban J connectivity index is 2.10. The molecule has 6 nitrogen and oxygen atoms in total. The van der Waals surface area contributed by atoms with Crippen LogP contribution < -0.4 is 11.3 Å². The molecule has 20 heavy (non-hydrogen) atoms. The van der Waals surface area contributed by atoms with Crippen molar-refractivity contribution in [3.05, 3.63) is 33.7 Å². The highest BCUT2D eigenvalue weighted by Gasteiger charge is 2.30. The maximum Gasteiger partial charge on any atom is 0.291 e. The molecular weight excluding hydrogens is 276 g/mol. The number of amides is 1. The third-order valence-electron chi connectivity index (χ3n) is 3.56. The molecule has 0 radical (unpaired) electrons. The Morgan fingerprint density at radius 3 is 3.00 bits per heavy atom. The minimum atomic E-state index is -0.556. The number of thiophene rings is 1. The van der Waals surface area contributed by atoms with Crippen LogP contribution in [0.3, 0.4) is 0 Å². The Kier molecular flexibility index (Phi) is 2.29. The van der Waals surface area contributed by atoms with Crippen LogP contribution in [0.15, 0.2) is 22.3 Å². The van der Waals surface area contributed by atoms with Crippen molar-refractivity contribution in [2.45, 2.75) is 25.3 Å². The van der Waals surface area contributed by atoms with Crippen LogP contribution in [-0.2, 0) is 11.3 Å². The number of hydrogen-bond donors (Lipinski definition) is 1. The topological polar surface area (TPSA) is 82.4 Å². The van der Waals surface area contributed by atoms with E-state index in [2.05, 4.69) is 5.10 Å². The second kappa shape index (κ2) is 3.92. The molecule has 0 atom stereocenters. The lowest BCUT2D eigenvalue weighted by atomic mass is 10.4. The number of nitrogens with two attached hydrogens (primary N) is 1. The average Bonchev–Trinajstić information content (AvgIpc) is 3.02. The van der Waals surface area contributed by atoms with Crippen molar-refractivity contribution in [1.29, 1.82) is 0 Å². The molecule has 102 valence electrons. The van der Waals surface area contributed by atoms with Gasteiger partial charge in [-0.1, -0.05) is 0 Å². The first-order chi connectivity index (χ1) is 9.65. The molecule has 4 rings (SSSR count). The van der Waals surface area contributed by atoms with Gasteiger partial charge in [0.2, 0.25) is 5.91 Å². The molecule has 3 aromatic rings. The summed E-state index contributed by atoms with van der Waals surface area (Å²) < 4.78 is 3.13. The lowest BCUT2D eigenvalue weighted by Crippen LogP contribution is -2.32. The van der Waals surface area contributed by atoms with E-state index in [1.54, 1.807) is 11.3 Å². The van der Waals surface area contributed by atoms with E-state index in [1.807, 2.05) is 21.9 Å². The largest absolute Gasteiger partial charge is 0.368 e. The van der Waals surface area contributed by atoms with Crippen molar-refractivity contribution < 1.29 is 4.79 Å². The SMILES string of the molecule is NC(=O)Cn1nc(C2CC2)n2c(cc3ccsc32)c1=O. The average molecular weight is 288 g/mol. The molecule has 0 saturated heterocycles. The fourth-order valence-corrected chi connectivity index (χ4v) is 3.42. The van der Waals surface area contributed by atoms with Crippen LogP contribution in [0, 0.1) is 0 Å². The van der Waals surface area contributed by atoms with Gasteiger partial charge >= 0.3 is 0 Å². The standard InChI is InChI=1S/C13H12N4O2S/c14-10(18)6-16-12(19)9-5-8-3-4-20-13(8)17(9)11(15-16)7-1-2-7/h3-5,7H,1-2,6H2,(H2,14,18). The molecule has 3 aromatic heterocycles. The van der Waals surface area contributed by atoms with E-state index in [4.69, 9.17) is 5.73 Å². The van der Waals surface area contributed by atoms with Gasteiger partial charge in [-0.2, -0.15) is 5.10 Å². The van der Waals surface area contributed by atoms with Gasteiger partial charge in [0.25, 0.3) is 5.56 Å². The minimum absolute atomic E-state index is 0.173. The Bertz CT molecular complexity index is 900. The molecule has 1 aliphatic rings. The van der Waals surface area contributed by atoms with Crippen molar-refractivity contribution in [1.82, 2.24) is 14.2 Å². The molecule has 0 unspecified atom stereocenters. The van der Waals surface area contributed by atoms with Gasteiger partial charge in [-0.15, -0.1) is 11.3 Å². The predicted molar refractivity (Wildman–Crippen MR) is 76.0 cm³/mol. The lowest BCUT2D eigenvalue weighted by Gasteiger charge is -2.08. The number of nitrogens with zero attached hydrogens (tertiary/aromatic N) is 3. The fourth-order valence-electron chi connectivity index (χ4n) is 2.52. The molecule has 1 saturated carbocycles. The maximum absolute atomic E-state index is 12.4. The van der Waals surface area contributed by atoms with Crippen LogP contribution in [0.25, 0.3) is 15.7 Å². The molecule has 2 N–H and O–H groups in total. The van der Waals surface area contributed by atoms with Crippen molar-refractivity contribution in [2.24, 2.45) is 5.73 Å². The first-order valence-corrected chi connectivity index (χ1v) is 7.31. The molecule has 0 aromatic carbocycles. The molecule has 7 heteroatoms. The maximum atomic E-state index is 12.4. The van der Waals surface area contributed by atoms with Crippen LogP contribution in [0.5, 0.6) is 0 Å². The molecule has 0 spiro atoms. The smallest absolute Gasteiger partial charge is 0.291 e. The molecule has 0 bridgehead atoms. The van der Waals surface area contributed by atoms with Crippen LogP contribution >= 0.6 is 11.3 Å². The van der Waals surface area contributed by atoms with Crippen LogP contribution in [0.1, 0.15) is 24.6 Å². The van der Waals surface area contributed by atoms with Gasteiger partial charge in [-0.05, 0) is 30.4 Å². The van der Waals surface area contributed by atoms with Gasteiger partial charge in [0.15, 0.2) is 0 Å². The zero-order valence-corrected chi connectivity index (χ0v) is 11.4. The van der Waals surface area contributed by atoms with E-state index in [1.165, 1.54) is 4.68 Å². The summed E-state index contributed by atoms with van der Waals surface area (Å²) in [5.74, 6) is 0.673. The van der Waals surface area contributed by atoms with E-state index < -0.39 is 5.91 Å². The quantitative estimate of drug-likeness (QED) is 0.782. The fraction of sp³-hybridized carbons (Fsp3) is 0.308. The summed E-state index contributed by atoms with van der Waals surface area (Å²) in [4.78, 5) is 24.5. The molecule has 3 heterocycles. The van der Waals surface area contributed by atoms with Crippen LogP contribution in [0.4, 0.5) is 0 Å². The normalized spacial score (nSPS) is 15.2. The highest BCUT2D eigenvalue weighted by Crippen LogP contribution is 2.40.